The van der Waals surface area contributed by atoms with Gasteiger partial charge in [-0.3, -0.25) is 39.4 Å². The number of anilines is 3. The number of allylic oxidation sites excluding steroid dienone is 2. The van der Waals surface area contributed by atoms with Crippen molar-refractivity contribution < 1.29 is 38.5 Å². The second kappa shape index (κ2) is 11.7. The number of phenolic OH excluding ortho intramolecular Hbond substituents is 1. The summed E-state index contributed by atoms with van der Waals surface area (Å²) in [5.41, 5.74) is -2.60. The molecule has 2 saturated heterocycles. The number of aromatic hydroxyl groups is 1. The Kier molecular flexibility index (Phi) is 7.74. The molecule has 0 spiro atoms. The molecule has 14 nitrogen and oxygen atoms in total. The summed E-state index contributed by atoms with van der Waals surface area (Å²) in [6, 6.07) is 11.7. The number of carbonyl (C=O) groups excluding carboxylic acids is 4. The summed E-state index contributed by atoms with van der Waals surface area (Å²) in [7, 11) is 2.78. The second-order valence-electron chi connectivity index (χ2n) is 13.6. The van der Waals surface area contributed by atoms with Crippen LogP contribution in [0.15, 0.2) is 66.2 Å². The topological polar surface area (TPSA) is 185 Å². The van der Waals surface area contributed by atoms with Crippen molar-refractivity contribution in [2.75, 3.05) is 28.8 Å². The second-order valence-corrected chi connectivity index (χ2v) is 14.0. The van der Waals surface area contributed by atoms with Crippen LogP contribution in [0.3, 0.4) is 0 Å². The van der Waals surface area contributed by atoms with Gasteiger partial charge < -0.3 is 10.0 Å². The Balaban J connectivity index is 1.36. The van der Waals surface area contributed by atoms with Gasteiger partial charge in [0.1, 0.15) is 11.6 Å². The molecule has 1 saturated carbocycles. The summed E-state index contributed by atoms with van der Waals surface area (Å²) in [5.74, 6) is -8.55. The van der Waals surface area contributed by atoms with Crippen molar-refractivity contribution >= 4 is 63.7 Å². The molecule has 0 aromatic heterocycles. The van der Waals surface area contributed by atoms with Gasteiger partial charge in [-0.2, -0.15) is 0 Å². The molecule has 1 N–H and O–H groups in total. The molecule has 6 atom stereocenters. The molecule has 262 valence electrons. The van der Waals surface area contributed by atoms with Gasteiger partial charge >= 0.3 is 11.4 Å². The van der Waals surface area contributed by atoms with E-state index in [0.717, 1.165) is 28.0 Å². The highest BCUT2D eigenvalue weighted by molar-refractivity contribution is 6.32. The third-order valence-corrected chi connectivity index (χ3v) is 11.1. The zero-order valence-corrected chi connectivity index (χ0v) is 28.0. The molecular formula is C35H29ClFN5O9. The Morgan fingerprint density at radius 1 is 0.902 bits per heavy atom. The largest absolute Gasteiger partial charge is 0.508 e. The lowest BCUT2D eigenvalue weighted by molar-refractivity contribution is -0.392. The molecule has 0 radical (unpaired) electrons. The van der Waals surface area contributed by atoms with Crippen LogP contribution in [0.5, 0.6) is 5.75 Å². The molecule has 2 heterocycles. The molecule has 6 unspecified atom stereocenters. The molecular weight excluding hydrogens is 689 g/mol. The van der Waals surface area contributed by atoms with E-state index in [-0.39, 0.29) is 40.7 Å². The van der Waals surface area contributed by atoms with Gasteiger partial charge in [-0.1, -0.05) is 41.4 Å². The van der Waals surface area contributed by atoms with Crippen LogP contribution in [0.25, 0.3) is 0 Å². The van der Waals surface area contributed by atoms with Gasteiger partial charge in [-0.15, -0.1) is 0 Å². The zero-order chi connectivity index (χ0) is 36.8. The minimum atomic E-state index is -1.50. The molecule has 16 heteroatoms. The third-order valence-electron chi connectivity index (χ3n) is 10.8. The maximum absolute atomic E-state index is 14.5. The van der Waals surface area contributed by atoms with Crippen molar-refractivity contribution in [1.82, 2.24) is 0 Å². The highest BCUT2D eigenvalue weighted by Crippen LogP contribution is 2.64. The number of phenols is 1. The Morgan fingerprint density at radius 2 is 1.55 bits per heavy atom. The van der Waals surface area contributed by atoms with E-state index in [0.29, 0.717) is 11.1 Å². The van der Waals surface area contributed by atoms with Crippen molar-refractivity contribution in [1.29, 1.82) is 0 Å². The molecule has 4 aliphatic rings. The van der Waals surface area contributed by atoms with Crippen LogP contribution in [0, 0.1) is 55.1 Å². The van der Waals surface area contributed by atoms with Crippen LogP contribution in [0.2, 0.25) is 5.02 Å². The Bertz CT molecular complexity index is 2120. The van der Waals surface area contributed by atoms with Crippen LogP contribution in [-0.4, -0.2) is 52.7 Å². The van der Waals surface area contributed by atoms with Crippen LogP contribution >= 0.6 is 11.6 Å². The SMILES string of the molecule is CN(C)c1c([N+](=O)[O-])cc(N2C(=O)C3CC=C4C(CC5C(=O)N(c6ccc(F)c(Cl)c6)C(=O)C5(C)C4c4ccccc4O)C3C2=O)cc1[N+](=O)[O-]. The van der Waals surface area contributed by atoms with Gasteiger partial charge in [0, 0.05) is 37.7 Å². The standard InChI is InChI=1S/C35H29ClFN5O9/c1-35-22(32(45)40(34(35)47)16-8-11-24(37)23(36)12-16)15-21-18(29(35)19-6-4-5-7-27(19)43)9-10-20-28(21)33(46)39(31(20)44)17-13-25(41(48)49)30(38(2)3)26(14-17)42(50)51/h4-9,11-14,20-22,28-29,43H,10,15H2,1-3H3. The summed E-state index contributed by atoms with van der Waals surface area (Å²) in [5, 5.41) is 35.0. The van der Waals surface area contributed by atoms with Gasteiger partial charge in [-0.25, -0.2) is 14.2 Å². The molecule has 3 aromatic rings. The molecule has 2 aliphatic heterocycles. The van der Waals surface area contributed by atoms with Crippen LogP contribution in [0.4, 0.5) is 32.8 Å². The smallest absolute Gasteiger partial charge is 0.301 e. The van der Waals surface area contributed by atoms with Crippen molar-refractivity contribution in [2.45, 2.75) is 25.7 Å². The number of nitro groups is 2. The van der Waals surface area contributed by atoms with Gasteiger partial charge in [0.15, 0.2) is 5.69 Å². The molecule has 3 aromatic carbocycles. The number of imide groups is 2. The number of nitro benzene ring substituents is 2. The van der Waals surface area contributed by atoms with Crippen molar-refractivity contribution in [3.63, 3.8) is 0 Å². The van der Waals surface area contributed by atoms with E-state index in [9.17, 15) is 48.9 Å². The number of carbonyl (C=O) groups is 4. The van der Waals surface area contributed by atoms with E-state index in [1.54, 1.807) is 31.2 Å². The zero-order valence-electron chi connectivity index (χ0n) is 27.3. The van der Waals surface area contributed by atoms with Crippen LogP contribution in [0.1, 0.15) is 31.2 Å². The predicted octanol–water partition coefficient (Wildman–Crippen LogP) is 5.50. The number of hydrogen-bond acceptors (Lipinski definition) is 10. The van der Waals surface area contributed by atoms with E-state index in [2.05, 4.69) is 0 Å². The summed E-state index contributed by atoms with van der Waals surface area (Å²) in [6.45, 7) is 1.61. The number of para-hydroxylation sites is 1. The number of rotatable bonds is 6. The lowest BCUT2D eigenvalue weighted by Crippen LogP contribution is -2.48. The van der Waals surface area contributed by atoms with Crippen molar-refractivity contribution in [3.05, 3.63) is 103 Å². The fourth-order valence-corrected chi connectivity index (χ4v) is 8.85. The molecule has 0 bridgehead atoms. The van der Waals surface area contributed by atoms with Gasteiger partial charge in [0.2, 0.25) is 23.6 Å². The average molecular weight is 718 g/mol. The van der Waals surface area contributed by atoms with Crippen molar-refractivity contribution in [2.24, 2.45) is 29.1 Å². The minimum absolute atomic E-state index is 0.0157. The first kappa shape index (κ1) is 33.8. The van der Waals surface area contributed by atoms with E-state index in [4.69, 9.17) is 11.6 Å². The summed E-state index contributed by atoms with van der Waals surface area (Å²) >= 11 is 6.04. The van der Waals surface area contributed by atoms with Gasteiger partial charge in [0.05, 0.1) is 49.4 Å². The lowest BCUT2D eigenvalue weighted by Gasteiger charge is -2.49. The number of hydrogen-bond donors (Lipinski definition) is 1. The fourth-order valence-electron chi connectivity index (χ4n) is 8.67. The fraction of sp³-hybridized carbons (Fsp3) is 0.314. The average Bonchev–Trinajstić information content (AvgIpc) is 3.45. The van der Waals surface area contributed by atoms with Crippen molar-refractivity contribution in [3.8, 4) is 5.75 Å². The molecule has 4 amide bonds. The molecule has 7 rings (SSSR count). The number of benzene rings is 3. The van der Waals surface area contributed by atoms with E-state index >= 15 is 0 Å². The summed E-state index contributed by atoms with van der Waals surface area (Å²) < 4.78 is 14.1. The molecule has 3 fully saturated rings. The first-order valence-corrected chi connectivity index (χ1v) is 16.3. The Morgan fingerprint density at radius 3 is 2.14 bits per heavy atom. The van der Waals surface area contributed by atoms with E-state index in [1.165, 1.54) is 37.2 Å². The first-order valence-electron chi connectivity index (χ1n) is 15.9. The highest BCUT2D eigenvalue weighted by atomic mass is 35.5. The highest BCUT2D eigenvalue weighted by Gasteiger charge is 2.68. The van der Waals surface area contributed by atoms with Crippen LogP contribution < -0.4 is 14.7 Å². The lowest BCUT2D eigenvalue weighted by atomic mass is 9.51. The third kappa shape index (κ3) is 4.74. The summed E-state index contributed by atoms with van der Waals surface area (Å²) in [4.78, 5) is 82.6. The number of amides is 4. The first-order chi connectivity index (χ1) is 24.1. The Labute approximate surface area is 294 Å². The monoisotopic (exact) mass is 717 g/mol. The maximum Gasteiger partial charge on any atom is 0.301 e. The van der Waals surface area contributed by atoms with E-state index < -0.39 is 85.7 Å². The number of halogens is 2. The van der Waals surface area contributed by atoms with Gasteiger partial charge in [-0.05, 0) is 49.9 Å². The van der Waals surface area contributed by atoms with Crippen LogP contribution in [-0.2, 0) is 19.2 Å². The minimum Gasteiger partial charge on any atom is -0.508 e. The quantitative estimate of drug-likeness (QED) is 0.148. The number of nitrogens with zero attached hydrogens (tertiary/aromatic N) is 5. The Hall–Kier alpha value is -5.70. The van der Waals surface area contributed by atoms with E-state index in [1.807, 2.05) is 0 Å². The molecule has 51 heavy (non-hydrogen) atoms. The molecule has 2 aliphatic carbocycles. The normalized spacial score (nSPS) is 26.8. The summed E-state index contributed by atoms with van der Waals surface area (Å²) in [6.07, 6.45) is 1.70. The van der Waals surface area contributed by atoms with Gasteiger partial charge in [0.25, 0.3) is 0 Å². The predicted molar refractivity (Wildman–Crippen MR) is 181 cm³/mol. The maximum atomic E-state index is 14.5. The number of fused-ring (bicyclic) bond motifs is 4.